The first-order chi connectivity index (χ1) is 15.3. The average molecular weight is 510 g/mol. The van der Waals surface area contributed by atoms with Gasteiger partial charge in [-0.3, -0.25) is 4.72 Å². The highest BCUT2D eigenvalue weighted by atomic mass is 32.2. The number of nitrogens with one attached hydrogen (secondary N) is 1. The van der Waals surface area contributed by atoms with Crippen molar-refractivity contribution in [2.75, 3.05) is 42.3 Å². The van der Waals surface area contributed by atoms with E-state index in [2.05, 4.69) is 21.4 Å². The third kappa shape index (κ3) is 7.33. The van der Waals surface area contributed by atoms with Gasteiger partial charge in [-0.2, -0.15) is 13.2 Å². The Balaban J connectivity index is 0.000000479. The summed E-state index contributed by atoms with van der Waals surface area (Å²) in [5.41, 5.74) is 1.04. The standard InChI is InChI=1S/C17H21N3O4S2.C2HF3O2/c1-2-19-7-9-20(10-8-19)15-6-5-13(17(21)22)12-14(15)18-26(23,24)16-4-3-11-25-16;3-2(4,5)1(6)7/h3-6,11-12,18H,2,7-10H2,1H3,(H,21,22);(H,6,7). The largest absolute Gasteiger partial charge is 0.490 e. The number of carboxylic acid groups (broad SMARTS) is 2. The number of rotatable bonds is 6. The van der Waals surface area contributed by atoms with Gasteiger partial charge in [0.05, 0.1) is 16.9 Å². The summed E-state index contributed by atoms with van der Waals surface area (Å²) in [6.07, 6.45) is -5.08. The van der Waals surface area contributed by atoms with Gasteiger partial charge in [0, 0.05) is 26.2 Å². The Hall–Kier alpha value is -2.84. The average Bonchev–Trinajstić information content (AvgIpc) is 3.29. The molecule has 0 amide bonds. The molecular weight excluding hydrogens is 487 g/mol. The Morgan fingerprint density at radius 1 is 1.12 bits per heavy atom. The fourth-order valence-electron chi connectivity index (χ4n) is 2.94. The Kier molecular flexibility index (Phi) is 8.69. The molecular formula is C19H22F3N3O6S2. The van der Waals surface area contributed by atoms with Gasteiger partial charge in [0.15, 0.2) is 0 Å². The molecule has 0 saturated carbocycles. The van der Waals surface area contributed by atoms with Crippen LogP contribution in [0.15, 0.2) is 39.9 Å². The van der Waals surface area contributed by atoms with E-state index in [4.69, 9.17) is 9.90 Å². The number of alkyl halides is 3. The van der Waals surface area contributed by atoms with E-state index in [0.717, 1.165) is 44.1 Å². The number of anilines is 2. The number of carboxylic acids is 2. The number of nitrogens with zero attached hydrogens (tertiary/aromatic N) is 2. The molecule has 14 heteroatoms. The van der Waals surface area contributed by atoms with Crippen LogP contribution in [0.5, 0.6) is 0 Å². The van der Waals surface area contributed by atoms with E-state index < -0.39 is 28.1 Å². The van der Waals surface area contributed by atoms with Gasteiger partial charge in [0.1, 0.15) is 4.21 Å². The van der Waals surface area contributed by atoms with E-state index in [1.54, 1.807) is 17.5 Å². The minimum Gasteiger partial charge on any atom is -0.478 e. The predicted molar refractivity (Wildman–Crippen MR) is 117 cm³/mol. The van der Waals surface area contributed by atoms with Crippen LogP contribution in [0.4, 0.5) is 24.5 Å². The zero-order chi connectivity index (χ0) is 24.8. The highest BCUT2D eigenvalue weighted by molar-refractivity contribution is 7.94. The summed E-state index contributed by atoms with van der Waals surface area (Å²) in [6, 6.07) is 7.75. The van der Waals surface area contributed by atoms with Crippen molar-refractivity contribution < 1.29 is 41.4 Å². The maximum absolute atomic E-state index is 12.6. The second-order valence-electron chi connectivity index (χ2n) is 6.80. The van der Waals surface area contributed by atoms with Gasteiger partial charge < -0.3 is 20.0 Å². The number of aliphatic carboxylic acids is 1. The number of halogens is 3. The molecule has 182 valence electrons. The molecule has 1 aliphatic heterocycles. The molecule has 0 aliphatic carbocycles. The molecule has 0 atom stereocenters. The lowest BCUT2D eigenvalue weighted by Gasteiger charge is -2.36. The van der Waals surface area contributed by atoms with Gasteiger partial charge in [-0.05, 0) is 36.2 Å². The van der Waals surface area contributed by atoms with E-state index in [9.17, 15) is 31.5 Å². The highest BCUT2D eigenvalue weighted by Crippen LogP contribution is 2.31. The van der Waals surface area contributed by atoms with Crippen LogP contribution < -0.4 is 9.62 Å². The Morgan fingerprint density at radius 3 is 2.18 bits per heavy atom. The SMILES string of the molecule is CCN1CCN(c2ccc(C(=O)O)cc2NS(=O)(=O)c2cccs2)CC1.O=C(O)C(F)(F)F. The van der Waals surface area contributed by atoms with Crippen LogP contribution in [0.2, 0.25) is 0 Å². The molecule has 2 heterocycles. The molecule has 0 bridgehead atoms. The summed E-state index contributed by atoms with van der Waals surface area (Å²) >= 11 is 1.12. The topological polar surface area (TPSA) is 127 Å². The van der Waals surface area contributed by atoms with Crippen molar-refractivity contribution in [3.63, 3.8) is 0 Å². The number of piperazine rings is 1. The van der Waals surface area contributed by atoms with E-state index in [-0.39, 0.29) is 9.77 Å². The summed E-state index contributed by atoms with van der Waals surface area (Å²) in [6.45, 7) is 6.37. The van der Waals surface area contributed by atoms with Crippen molar-refractivity contribution in [2.45, 2.75) is 17.3 Å². The van der Waals surface area contributed by atoms with Crippen LogP contribution >= 0.6 is 11.3 Å². The molecule has 1 fully saturated rings. The van der Waals surface area contributed by atoms with Gasteiger partial charge in [-0.25, -0.2) is 18.0 Å². The molecule has 1 saturated heterocycles. The molecule has 2 aromatic rings. The zero-order valence-corrected chi connectivity index (χ0v) is 19.0. The molecule has 0 spiro atoms. The summed E-state index contributed by atoms with van der Waals surface area (Å²) < 4.78 is 59.7. The number of benzene rings is 1. The van der Waals surface area contributed by atoms with E-state index >= 15 is 0 Å². The van der Waals surface area contributed by atoms with Gasteiger partial charge >= 0.3 is 18.1 Å². The maximum Gasteiger partial charge on any atom is 0.490 e. The van der Waals surface area contributed by atoms with Gasteiger partial charge in [-0.1, -0.05) is 13.0 Å². The fraction of sp³-hybridized carbons (Fsp3) is 0.368. The zero-order valence-electron chi connectivity index (χ0n) is 17.4. The molecule has 1 aromatic carbocycles. The van der Waals surface area contributed by atoms with Crippen molar-refractivity contribution >= 4 is 44.7 Å². The molecule has 3 N–H and O–H groups in total. The van der Waals surface area contributed by atoms with Crippen LogP contribution in [0.1, 0.15) is 17.3 Å². The second-order valence-corrected chi connectivity index (χ2v) is 9.66. The Bertz CT molecular complexity index is 1070. The third-order valence-electron chi connectivity index (χ3n) is 4.65. The number of aromatic carboxylic acids is 1. The number of likely N-dealkylation sites (N-methyl/N-ethyl adjacent to an activating group) is 1. The summed E-state index contributed by atoms with van der Waals surface area (Å²) in [4.78, 5) is 24.6. The molecule has 33 heavy (non-hydrogen) atoms. The van der Waals surface area contributed by atoms with Gasteiger partial charge in [-0.15, -0.1) is 11.3 Å². The Labute approximate surface area is 192 Å². The first kappa shape index (κ1) is 26.4. The quantitative estimate of drug-likeness (QED) is 0.542. The van der Waals surface area contributed by atoms with Crippen LogP contribution in [-0.4, -0.2) is 74.4 Å². The minimum absolute atomic E-state index is 0.0461. The molecule has 0 radical (unpaired) electrons. The third-order valence-corrected chi connectivity index (χ3v) is 7.41. The van der Waals surface area contributed by atoms with Crippen molar-refractivity contribution in [3.05, 3.63) is 41.3 Å². The lowest BCUT2D eigenvalue weighted by atomic mass is 10.1. The monoisotopic (exact) mass is 509 g/mol. The lowest BCUT2D eigenvalue weighted by Crippen LogP contribution is -2.46. The second kappa shape index (κ2) is 10.9. The number of thiophene rings is 1. The predicted octanol–water partition coefficient (Wildman–Crippen LogP) is 3.02. The van der Waals surface area contributed by atoms with E-state index in [1.807, 2.05) is 0 Å². The Morgan fingerprint density at radius 2 is 1.73 bits per heavy atom. The lowest BCUT2D eigenvalue weighted by molar-refractivity contribution is -0.192. The summed E-state index contributed by atoms with van der Waals surface area (Å²) in [7, 11) is -3.75. The van der Waals surface area contributed by atoms with Gasteiger partial charge in [0.25, 0.3) is 10.0 Å². The van der Waals surface area contributed by atoms with Crippen LogP contribution in [0.25, 0.3) is 0 Å². The number of sulfonamides is 1. The number of hydrogen-bond donors (Lipinski definition) is 3. The van der Waals surface area contributed by atoms with E-state index in [0.29, 0.717) is 11.4 Å². The highest BCUT2D eigenvalue weighted by Gasteiger charge is 2.38. The molecule has 0 unspecified atom stereocenters. The summed E-state index contributed by atoms with van der Waals surface area (Å²) in [5, 5.41) is 18.1. The first-order valence-electron chi connectivity index (χ1n) is 9.56. The van der Waals surface area contributed by atoms with Crippen LogP contribution in [-0.2, 0) is 14.8 Å². The number of carbonyl (C=O) groups is 2. The van der Waals surface area contributed by atoms with Crippen molar-refractivity contribution in [1.29, 1.82) is 0 Å². The molecule has 3 rings (SSSR count). The molecule has 1 aliphatic rings. The minimum atomic E-state index is -5.08. The normalized spacial score (nSPS) is 14.8. The molecule has 1 aromatic heterocycles. The number of hydrogen-bond acceptors (Lipinski definition) is 7. The van der Waals surface area contributed by atoms with Crippen LogP contribution in [0.3, 0.4) is 0 Å². The summed E-state index contributed by atoms with van der Waals surface area (Å²) in [5.74, 6) is -3.85. The van der Waals surface area contributed by atoms with Crippen LogP contribution in [0, 0.1) is 0 Å². The molecule has 9 nitrogen and oxygen atoms in total. The van der Waals surface area contributed by atoms with Gasteiger partial charge in [0.2, 0.25) is 0 Å². The first-order valence-corrected chi connectivity index (χ1v) is 11.9. The fourth-order valence-corrected chi connectivity index (χ4v) is 5.00. The van der Waals surface area contributed by atoms with E-state index in [1.165, 1.54) is 18.2 Å². The van der Waals surface area contributed by atoms with Crippen molar-refractivity contribution in [1.82, 2.24) is 4.90 Å². The maximum atomic E-state index is 12.6. The smallest absolute Gasteiger partial charge is 0.478 e. The van der Waals surface area contributed by atoms with Crippen molar-refractivity contribution in [2.24, 2.45) is 0 Å². The van der Waals surface area contributed by atoms with Crippen molar-refractivity contribution in [3.8, 4) is 0 Å².